The van der Waals surface area contributed by atoms with E-state index in [0.717, 1.165) is 31.5 Å². The van der Waals surface area contributed by atoms with Crippen LogP contribution in [-0.2, 0) is 6.42 Å². The molecule has 2 heterocycles. The molecule has 0 atom stereocenters. The molecule has 0 aliphatic carbocycles. The first-order valence-electron chi connectivity index (χ1n) is 8.76. The number of amides is 1. The van der Waals surface area contributed by atoms with Gasteiger partial charge in [0.25, 0.3) is 5.91 Å². The van der Waals surface area contributed by atoms with E-state index in [1.165, 1.54) is 6.33 Å². The minimum atomic E-state index is -0.360. The molecule has 0 bridgehead atoms. The van der Waals surface area contributed by atoms with E-state index < -0.39 is 0 Å². The van der Waals surface area contributed by atoms with Crippen molar-refractivity contribution in [3.63, 3.8) is 0 Å². The Morgan fingerprint density at radius 2 is 1.96 bits per heavy atom. The lowest BCUT2D eigenvalue weighted by Crippen LogP contribution is -2.40. The summed E-state index contributed by atoms with van der Waals surface area (Å²) in [4.78, 5) is 22.3. The molecule has 0 spiro atoms. The highest BCUT2D eigenvalue weighted by Gasteiger charge is 2.23. The van der Waals surface area contributed by atoms with E-state index in [1.807, 2.05) is 42.2 Å². The molecule has 1 N–H and O–H groups in total. The van der Waals surface area contributed by atoms with E-state index in [1.54, 1.807) is 0 Å². The highest BCUT2D eigenvalue weighted by atomic mass is 19.1. The zero-order chi connectivity index (χ0) is 17.6. The first-order valence-corrected chi connectivity index (χ1v) is 8.76. The highest BCUT2D eigenvalue weighted by Crippen LogP contribution is 2.21. The van der Waals surface area contributed by atoms with Crippen molar-refractivity contribution in [3.8, 4) is 0 Å². The monoisotopic (exact) mass is 342 g/mol. The maximum Gasteiger partial charge on any atom is 0.253 e. The van der Waals surface area contributed by atoms with Crippen molar-refractivity contribution in [2.45, 2.75) is 26.2 Å². The minimum Gasteiger partial charge on any atom is -0.367 e. The summed E-state index contributed by atoms with van der Waals surface area (Å²) in [6.45, 7) is 3.98. The lowest BCUT2D eigenvalue weighted by molar-refractivity contribution is 0.0695. The predicted molar refractivity (Wildman–Crippen MR) is 94.9 cm³/mol. The number of hydrogen-bond acceptors (Lipinski definition) is 4. The van der Waals surface area contributed by atoms with Gasteiger partial charge in [-0.3, -0.25) is 4.79 Å². The molecule has 1 amide bonds. The van der Waals surface area contributed by atoms with Crippen LogP contribution in [0.1, 0.15) is 35.8 Å². The molecule has 1 aromatic heterocycles. The number of hydrogen-bond donors (Lipinski definition) is 1. The zero-order valence-electron chi connectivity index (χ0n) is 14.4. The summed E-state index contributed by atoms with van der Waals surface area (Å²) in [6.07, 6.45) is 3.74. The Bertz CT molecular complexity index is 715. The summed E-state index contributed by atoms with van der Waals surface area (Å²) in [5.74, 6) is 0.400. The van der Waals surface area contributed by atoms with Crippen LogP contribution in [0.4, 0.5) is 10.2 Å². The molecular formula is C19H23FN4O. The topological polar surface area (TPSA) is 58.1 Å². The third-order valence-corrected chi connectivity index (χ3v) is 4.68. The van der Waals surface area contributed by atoms with Crippen molar-refractivity contribution in [3.05, 3.63) is 53.7 Å². The summed E-state index contributed by atoms with van der Waals surface area (Å²) >= 11 is 0. The van der Waals surface area contributed by atoms with E-state index in [2.05, 4.69) is 15.3 Å². The third-order valence-electron chi connectivity index (χ3n) is 4.68. The average molecular weight is 342 g/mol. The second kappa shape index (κ2) is 8.05. The smallest absolute Gasteiger partial charge is 0.253 e. The fraction of sp³-hybridized carbons (Fsp3) is 0.421. The second-order valence-corrected chi connectivity index (χ2v) is 6.32. The van der Waals surface area contributed by atoms with Crippen molar-refractivity contribution in [2.75, 3.05) is 25.0 Å². The molecule has 0 unspecified atom stereocenters. The molecule has 3 rings (SSSR count). The van der Waals surface area contributed by atoms with Crippen LogP contribution in [-0.4, -0.2) is 40.4 Å². The van der Waals surface area contributed by atoms with E-state index in [0.29, 0.717) is 24.6 Å². The molecular weight excluding hydrogens is 319 g/mol. The Morgan fingerprint density at radius 3 is 2.64 bits per heavy atom. The molecule has 1 aromatic carbocycles. The number of carbonyl (C=O) groups excluding carboxylic acids is 1. The van der Waals surface area contributed by atoms with Crippen LogP contribution in [0.25, 0.3) is 0 Å². The van der Waals surface area contributed by atoms with Gasteiger partial charge in [-0.25, -0.2) is 14.4 Å². The predicted octanol–water partition coefficient (Wildman–Crippen LogP) is 3.14. The average Bonchev–Trinajstić information content (AvgIpc) is 2.68. The van der Waals surface area contributed by atoms with Crippen LogP contribution < -0.4 is 5.32 Å². The number of aromatic nitrogens is 2. The summed E-state index contributed by atoms with van der Waals surface area (Å²) in [7, 11) is 0. The van der Waals surface area contributed by atoms with Gasteiger partial charge in [0.15, 0.2) is 11.6 Å². The lowest BCUT2D eigenvalue weighted by Gasteiger charge is -2.32. The summed E-state index contributed by atoms with van der Waals surface area (Å²) in [6, 6.07) is 9.36. The quantitative estimate of drug-likeness (QED) is 0.907. The number of nitrogens with zero attached hydrogens (tertiary/aromatic N) is 3. The van der Waals surface area contributed by atoms with Crippen LogP contribution in [0.15, 0.2) is 36.7 Å². The van der Waals surface area contributed by atoms with Crippen molar-refractivity contribution in [2.24, 2.45) is 5.92 Å². The first kappa shape index (κ1) is 17.3. The molecule has 25 heavy (non-hydrogen) atoms. The van der Waals surface area contributed by atoms with Crippen molar-refractivity contribution in [1.29, 1.82) is 0 Å². The Balaban J connectivity index is 1.51. The number of likely N-dealkylation sites (tertiary alicyclic amines) is 1. The maximum atomic E-state index is 14.1. The van der Waals surface area contributed by atoms with Crippen molar-refractivity contribution in [1.82, 2.24) is 14.9 Å². The Kier molecular flexibility index (Phi) is 5.58. The van der Waals surface area contributed by atoms with E-state index >= 15 is 0 Å². The van der Waals surface area contributed by atoms with Crippen LogP contribution in [0.3, 0.4) is 0 Å². The molecule has 2 aromatic rings. The van der Waals surface area contributed by atoms with Gasteiger partial charge in [0.05, 0.1) is 5.69 Å². The number of halogens is 1. The van der Waals surface area contributed by atoms with Crippen LogP contribution in [0.5, 0.6) is 0 Å². The molecule has 1 saturated heterocycles. The zero-order valence-corrected chi connectivity index (χ0v) is 14.4. The molecule has 0 saturated carbocycles. The summed E-state index contributed by atoms with van der Waals surface area (Å²) < 4.78 is 14.1. The first-order chi connectivity index (χ1) is 12.2. The van der Waals surface area contributed by atoms with Gasteiger partial charge >= 0.3 is 0 Å². The molecule has 0 radical (unpaired) electrons. The minimum absolute atomic E-state index is 0.0847. The molecule has 132 valence electrons. The van der Waals surface area contributed by atoms with Gasteiger partial charge in [0, 0.05) is 25.2 Å². The van der Waals surface area contributed by atoms with Gasteiger partial charge < -0.3 is 10.2 Å². The number of piperidine rings is 1. The summed E-state index contributed by atoms with van der Waals surface area (Å²) in [5, 5.41) is 3.10. The number of aryl methyl sites for hydroxylation is 1. The van der Waals surface area contributed by atoms with Gasteiger partial charge in [-0.05, 0) is 37.3 Å². The van der Waals surface area contributed by atoms with Crippen LogP contribution in [0.2, 0.25) is 0 Å². The molecule has 5 nitrogen and oxygen atoms in total. The molecule has 1 aliphatic rings. The lowest BCUT2D eigenvalue weighted by atomic mass is 9.96. The van der Waals surface area contributed by atoms with E-state index in [4.69, 9.17) is 0 Å². The van der Waals surface area contributed by atoms with Gasteiger partial charge in [-0.2, -0.15) is 0 Å². The molecule has 1 fully saturated rings. The standard InChI is InChI=1S/C19H23FN4O/c1-2-16-17(20)18(23-13-22-16)21-12-14-8-10-24(11-9-14)19(25)15-6-4-3-5-7-15/h3-7,13-14H,2,8-12H2,1H3,(H,21,22,23). The van der Waals surface area contributed by atoms with Gasteiger partial charge in [0.2, 0.25) is 0 Å². The maximum absolute atomic E-state index is 14.1. The number of rotatable bonds is 5. The van der Waals surface area contributed by atoms with E-state index in [-0.39, 0.29) is 17.5 Å². The second-order valence-electron chi connectivity index (χ2n) is 6.32. The fourth-order valence-corrected chi connectivity index (χ4v) is 3.12. The molecule has 6 heteroatoms. The SMILES string of the molecule is CCc1ncnc(NCC2CCN(C(=O)c3ccccc3)CC2)c1F. The number of carbonyl (C=O) groups is 1. The number of anilines is 1. The van der Waals surface area contributed by atoms with Crippen LogP contribution >= 0.6 is 0 Å². The third kappa shape index (κ3) is 4.13. The number of nitrogens with one attached hydrogen (secondary N) is 1. The Labute approximate surface area is 147 Å². The Morgan fingerprint density at radius 1 is 1.24 bits per heavy atom. The van der Waals surface area contributed by atoms with Gasteiger partial charge in [-0.15, -0.1) is 0 Å². The fourth-order valence-electron chi connectivity index (χ4n) is 3.12. The van der Waals surface area contributed by atoms with E-state index in [9.17, 15) is 9.18 Å². The van der Waals surface area contributed by atoms with Gasteiger partial charge in [-0.1, -0.05) is 25.1 Å². The Hall–Kier alpha value is -2.50. The van der Waals surface area contributed by atoms with Crippen molar-refractivity contribution < 1.29 is 9.18 Å². The largest absolute Gasteiger partial charge is 0.367 e. The number of benzene rings is 1. The summed E-state index contributed by atoms with van der Waals surface area (Å²) in [5.41, 5.74) is 1.16. The highest BCUT2D eigenvalue weighted by molar-refractivity contribution is 5.94. The van der Waals surface area contributed by atoms with Crippen molar-refractivity contribution >= 4 is 11.7 Å². The normalized spacial score (nSPS) is 15.2. The molecule has 1 aliphatic heterocycles. The van der Waals surface area contributed by atoms with Crippen LogP contribution in [0, 0.1) is 11.7 Å². The van der Waals surface area contributed by atoms with Gasteiger partial charge in [0.1, 0.15) is 6.33 Å².